The van der Waals surface area contributed by atoms with Crippen molar-refractivity contribution in [2.24, 2.45) is 0 Å². The van der Waals surface area contributed by atoms with E-state index in [0.29, 0.717) is 12.6 Å². The Morgan fingerprint density at radius 1 is 1.20 bits per heavy atom. The Morgan fingerprint density at radius 3 is 2.45 bits per heavy atom. The Labute approximate surface area is 124 Å². The first kappa shape index (κ1) is 17.0. The van der Waals surface area contributed by atoms with Crippen LogP contribution in [0.3, 0.4) is 0 Å². The van der Waals surface area contributed by atoms with Gasteiger partial charge < -0.3 is 15.3 Å². The molecule has 0 bridgehead atoms. The standard InChI is InChI=1S/C17H30N2O/c1-5-16(6-2)19(10-11-20)17-9-8-14(4)12-15(17)13-18-7-3/h8-9,12,16,18,20H,5-7,10-11,13H2,1-4H3. The third kappa shape index (κ3) is 4.50. The highest BCUT2D eigenvalue weighted by Crippen LogP contribution is 2.26. The number of aliphatic hydroxyl groups is 1. The first-order chi connectivity index (χ1) is 9.67. The molecule has 0 unspecified atom stereocenters. The van der Waals surface area contributed by atoms with Gasteiger partial charge in [-0.1, -0.05) is 38.5 Å². The zero-order chi connectivity index (χ0) is 15.0. The van der Waals surface area contributed by atoms with E-state index in [2.05, 4.69) is 56.1 Å². The molecule has 0 atom stereocenters. The Kier molecular flexibility index (Phi) is 7.63. The lowest BCUT2D eigenvalue weighted by molar-refractivity contribution is 0.296. The topological polar surface area (TPSA) is 35.5 Å². The molecule has 0 aliphatic rings. The molecule has 1 aromatic rings. The van der Waals surface area contributed by atoms with Crippen molar-refractivity contribution < 1.29 is 5.11 Å². The molecule has 3 nitrogen and oxygen atoms in total. The first-order valence-electron chi connectivity index (χ1n) is 7.85. The summed E-state index contributed by atoms with van der Waals surface area (Å²) in [6.07, 6.45) is 2.20. The molecular weight excluding hydrogens is 248 g/mol. The Bertz CT molecular complexity index is 389. The molecule has 0 heterocycles. The molecule has 0 saturated heterocycles. The summed E-state index contributed by atoms with van der Waals surface area (Å²) in [5.41, 5.74) is 3.88. The molecule has 1 aromatic carbocycles. The van der Waals surface area contributed by atoms with Crippen LogP contribution in [-0.2, 0) is 6.54 Å². The van der Waals surface area contributed by atoms with Crippen molar-refractivity contribution >= 4 is 5.69 Å². The number of rotatable bonds is 9. The van der Waals surface area contributed by atoms with E-state index in [1.807, 2.05) is 0 Å². The van der Waals surface area contributed by atoms with Crippen molar-refractivity contribution in [2.45, 2.75) is 53.1 Å². The van der Waals surface area contributed by atoms with Gasteiger partial charge in [-0.3, -0.25) is 0 Å². The summed E-state index contributed by atoms with van der Waals surface area (Å²) in [5, 5.41) is 12.8. The maximum atomic E-state index is 9.40. The number of hydrogen-bond donors (Lipinski definition) is 2. The molecule has 0 spiro atoms. The minimum Gasteiger partial charge on any atom is -0.395 e. The molecule has 0 saturated carbocycles. The summed E-state index contributed by atoms with van der Waals surface area (Å²) in [4.78, 5) is 2.37. The number of aliphatic hydroxyl groups excluding tert-OH is 1. The highest BCUT2D eigenvalue weighted by atomic mass is 16.3. The van der Waals surface area contributed by atoms with E-state index in [4.69, 9.17) is 0 Å². The quantitative estimate of drug-likeness (QED) is 0.728. The van der Waals surface area contributed by atoms with Gasteiger partial charge in [0, 0.05) is 24.8 Å². The number of benzene rings is 1. The van der Waals surface area contributed by atoms with Gasteiger partial charge in [-0.2, -0.15) is 0 Å². The second-order valence-corrected chi connectivity index (χ2v) is 5.30. The van der Waals surface area contributed by atoms with Crippen LogP contribution in [0.25, 0.3) is 0 Å². The molecule has 20 heavy (non-hydrogen) atoms. The van der Waals surface area contributed by atoms with E-state index in [0.717, 1.165) is 25.9 Å². The van der Waals surface area contributed by atoms with Crippen LogP contribution < -0.4 is 10.2 Å². The molecule has 0 aliphatic heterocycles. The summed E-state index contributed by atoms with van der Waals surface area (Å²) in [6, 6.07) is 7.11. The zero-order valence-electron chi connectivity index (χ0n) is 13.4. The smallest absolute Gasteiger partial charge is 0.0606 e. The Balaban J connectivity index is 3.10. The fourth-order valence-electron chi connectivity index (χ4n) is 2.73. The van der Waals surface area contributed by atoms with Crippen molar-refractivity contribution in [3.8, 4) is 0 Å². The molecule has 0 fully saturated rings. The van der Waals surface area contributed by atoms with Crippen LogP contribution in [0.2, 0.25) is 0 Å². The lowest BCUT2D eigenvalue weighted by Gasteiger charge is -2.34. The number of nitrogens with one attached hydrogen (secondary N) is 1. The summed E-state index contributed by atoms with van der Waals surface area (Å²) in [7, 11) is 0. The normalized spacial score (nSPS) is 11.1. The van der Waals surface area contributed by atoms with Crippen LogP contribution in [0, 0.1) is 6.92 Å². The Morgan fingerprint density at radius 2 is 1.90 bits per heavy atom. The van der Waals surface area contributed by atoms with Crippen LogP contribution in [0.5, 0.6) is 0 Å². The van der Waals surface area contributed by atoms with Crippen LogP contribution >= 0.6 is 0 Å². The molecule has 0 radical (unpaired) electrons. The Hall–Kier alpha value is -1.06. The van der Waals surface area contributed by atoms with Crippen LogP contribution in [-0.4, -0.2) is 30.8 Å². The summed E-state index contributed by atoms with van der Waals surface area (Å²) >= 11 is 0. The molecule has 0 aromatic heterocycles. The second-order valence-electron chi connectivity index (χ2n) is 5.30. The van der Waals surface area contributed by atoms with E-state index in [1.165, 1.54) is 16.8 Å². The van der Waals surface area contributed by atoms with Gasteiger partial charge in [0.25, 0.3) is 0 Å². The molecule has 114 valence electrons. The molecule has 3 heteroatoms. The highest BCUT2D eigenvalue weighted by Gasteiger charge is 2.18. The predicted octanol–water partition coefficient (Wildman–Crippen LogP) is 3.09. The van der Waals surface area contributed by atoms with Crippen LogP contribution in [0.1, 0.15) is 44.7 Å². The number of anilines is 1. The molecule has 0 aliphatic carbocycles. The first-order valence-corrected chi connectivity index (χ1v) is 7.85. The number of aryl methyl sites for hydroxylation is 1. The van der Waals surface area contributed by atoms with Crippen molar-refractivity contribution in [3.05, 3.63) is 29.3 Å². The third-order valence-corrected chi connectivity index (χ3v) is 3.83. The van der Waals surface area contributed by atoms with Crippen LogP contribution in [0.15, 0.2) is 18.2 Å². The highest BCUT2D eigenvalue weighted by molar-refractivity contribution is 5.56. The van der Waals surface area contributed by atoms with E-state index in [1.54, 1.807) is 0 Å². The van der Waals surface area contributed by atoms with Crippen molar-refractivity contribution in [1.29, 1.82) is 0 Å². The summed E-state index contributed by atoms with van der Waals surface area (Å²) < 4.78 is 0. The van der Waals surface area contributed by atoms with Gasteiger partial charge in [0.1, 0.15) is 0 Å². The maximum Gasteiger partial charge on any atom is 0.0606 e. The number of hydrogen-bond acceptors (Lipinski definition) is 3. The van der Waals surface area contributed by atoms with Gasteiger partial charge in [-0.25, -0.2) is 0 Å². The van der Waals surface area contributed by atoms with E-state index < -0.39 is 0 Å². The lowest BCUT2D eigenvalue weighted by Crippen LogP contribution is -2.37. The monoisotopic (exact) mass is 278 g/mol. The van der Waals surface area contributed by atoms with E-state index in [9.17, 15) is 5.11 Å². The third-order valence-electron chi connectivity index (χ3n) is 3.83. The van der Waals surface area contributed by atoms with Gasteiger partial charge in [-0.15, -0.1) is 0 Å². The average Bonchev–Trinajstić information content (AvgIpc) is 2.46. The minimum absolute atomic E-state index is 0.199. The van der Waals surface area contributed by atoms with E-state index >= 15 is 0 Å². The average molecular weight is 278 g/mol. The van der Waals surface area contributed by atoms with Gasteiger partial charge in [0.2, 0.25) is 0 Å². The van der Waals surface area contributed by atoms with Crippen molar-refractivity contribution in [1.82, 2.24) is 5.32 Å². The van der Waals surface area contributed by atoms with E-state index in [-0.39, 0.29) is 6.61 Å². The fraction of sp³-hybridized carbons (Fsp3) is 0.647. The summed E-state index contributed by atoms with van der Waals surface area (Å²) in [6.45, 7) is 11.5. The molecule has 2 N–H and O–H groups in total. The van der Waals surface area contributed by atoms with Crippen molar-refractivity contribution in [3.63, 3.8) is 0 Å². The van der Waals surface area contributed by atoms with Crippen LogP contribution in [0.4, 0.5) is 5.69 Å². The molecule has 1 rings (SSSR count). The minimum atomic E-state index is 0.199. The van der Waals surface area contributed by atoms with Gasteiger partial charge in [0.05, 0.1) is 6.61 Å². The summed E-state index contributed by atoms with van der Waals surface area (Å²) in [5.74, 6) is 0. The SMILES string of the molecule is CCNCc1cc(C)ccc1N(CCO)C(CC)CC. The largest absolute Gasteiger partial charge is 0.395 e. The van der Waals surface area contributed by atoms with Gasteiger partial charge >= 0.3 is 0 Å². The molecular formula is C17H30N2O. The molecule has 0 amide bonds. The van der Waals surface area contributed by atoms with Gasteiger partial charge in [-0.05, 0) is 37.9 Å². The zero-order valence-corrected chi connectivity index (χ0v) is 13.4. The van der Waals surface area contributed by atoms with Gasteiger partial charge in [0.15, 0.2) is 0 Å². The second kappa shape index (κ2) is 8.98. The fourth-order valence-corrected chi connectivity index (χ4v) is 2.73. The van der Waals surface area contributed by atoms with Crippen molar-refractivity contribution in [2.75, 3.05) is 24.6 Å². The predicted molar refractivity (Wildman–Crippen MR) is 87.4 cm³/mol. The lowest BCUT2D eigenvalue weighted by atomic mass is 10.0. The number of nitrogens with zero attached hydrogens (tertiary/aromatic N) is 1. The maximum absolute atomic E-state index is 9.40.